The van der Waals surface area contributed by atoms with Crippen LogP contribution in [0.2, 0.25) is 0 Å². The summed E-state index contributed by atoms with van der Waals surface area (Å²) < 4.78 is 6.12. The van der Waals surface area contributed by atoms with E-state index in [-0.39, 0.29) is 5.54 Å². The number of H-pyrrole nitrogens is 1. The van der Waals surface area contributed by atoms with Crippen molar-refractivity contribution in [3.05, 3.63) is 90.8 Å². The van der Waals surface area contributed by atoms with Gasteiger partial charge in [0.15, 0.2) is 0 Å². The largest absolute Gasteiger partial charge is 0.456 e. The van der Waals surface area contributed by atoms with Crippen LogP contribution < -0.4 is 4.90 Å². The van der Waals surface area contributed by atoms with Crippen LogP contribution in [0.5, 0.6) is 0 Å². The van der Waals surface area contributed by atoms with Gasteiger partial charge < -0.3 is 19.2 Å². The zero-order chi connectivity index (χ0) is 20.3. The highest BCUT2D eigenvalue weighted by atomic mass is 16.3. The number of benzene rings is 3. The maximum Gasteiger partial charge on any atom is 0.135 e. The molecule has 0 unspecified atom stereocenters. The van der Waals surface area contributed by atoms with Crippen molar-refractivity contribution in [2.45, 2.75) is 19.4 Å². The van der Waals surface area contributed by atoms with Crippen molar-refractivity contribution in [1.82, 2.24) is 9.88 Å². The molecule has 0 saturated carbocycles. The number of nitrogens with one attached hydrogen (secondary N) is 1. The molecule has 0 radical (unpaired) electrons. The van der Waals surface area contributed by atoms with Crippen LogP contribution in [0.25, 0.3) is 32.8 Å². The fourth-order valence-corrected chi connectivity index (χ4v) is 4.59. The standard InChI is InChI=1S/C26H23N3O/c1-26(2,20-10-7-13-23-25(20)19-9-4-6-12-22(19)30-23)29-15-14-28(17-29)24-16-18-8-3-5-11-21(18)27-24/h3-16,27H,17H2,1-2H3. The average Bonchev–Trinajstić information content (AvgIpc) is 3.49. The number of fused-ring (bicyclic) bond motifs is 4. The van der Waals surface area contributed by atoms with Crippen molar-refractivity contribution in [3.8, 4) is 0 Å². The van der Waals surface area contributed by atoms with Crippen LogP contribution in [0.4, 0.5) is 5.82 Å². The van der Waals surface area contributed by atoms with Gasteiger partial charge in [0.2, 0.25) is 0 Å². The molecule has 4 heteroatoms. The molecular weight excluding hydrogens is 370 g/mol. The molecule has 0 amide bonds. The van der Waals surface area contributed by atoms with Gasteiger partial charge in [0, 0.05) is 34.1 Å². The average molecular weight is 393 g/mol. The third kappa shape index (κ3) is 2.47. The lowest BCUT2D eigenvalue weighted by atomic mass is 9.89. The van der Waals surface area contributed by atoms with Crippen LogP contribution in [0.15, 0.2) is 89.6 Å². The zero-order valence-corrected chi connectivity index (χ0v) is 17.1. The summed E-state index contributed by atoms with van der Waals surface area (Å²) in [4.78, 5) is 8.18. The minimum atomic E-state index is -0.205. The first kappa shape index (κ1) is 17.2. The molecular formula is C26H23N3O. The molecule has 5 aromatic rings. The van der Waals surface area contributed by atoms with Gasteiger partial charge in [-0.3, -0.25) is 0 Å². The Morgan fingerprint density at radius 2 is 1.67 bits per heavy atom. The van der Waals surface area contributed by atoms with Crippen molar-refractivity contribution in [2.75, 3.05) is 11.6 Å². The summed E-state index contributed by atoms with van der Waals surface area (Å²) in [7, 11) is 0. The molecule has 0 fully saturated rings. The van der Waals surface area contributed by atoms with E-state index < -0.39 is 0 Å². The van der Waals surface area contributed by atoms with Crippen LogP contribution in [-0.4, -0.2) is 16.6 Å². The maximum atomic E-state index is 6.12. The molecule has 3 heterocycles. The second-order valence-electron chi connectivity index (χ2n) is 8.46. The number of nitrogens with zero attached hydrogens (tertiary/aromatic N) is 2. The third-order valence-corrected chi connectivity index (χ3v) is 6.34. The minimum Gasteiger partial charge on any atom is -0.456 e. The van der Waals surface area contributed by atoms with Gasteiger partial charge in [-0.1, -0.05) is 48.5 Å². The van der Waals surface area contributed by atoms with Gasteiger partial charge in [-0.05, 0) is 43.7 Å². The number of para-hydroxylation sites is 2. The number of furan rings is 1. The smallest absolute Gasteiger partial charge is 0.135 e. The lowest BCUT2D eigenvalue weighted by molar-refractivity contribution is 0.204. The van der Waals surface area contributed by atoms with Crippen LogP contribution in [0, 0.1) is 0 Å². The number of anilines is 1. The van der Waals surface area contributed by atoms with E-state index in [1.807, 2.05) is 12.1 Å². The first-order valence-electron chi connectivity index (χ1n) is 10.3. The van der Waals surface area contributed by atoms with Crippen LogP contribution in [0.1, 0.15) is 19.4 Å². The highest BCUT2D eigenvalue weighted by molar-refractivity contribution is 6.07. The van der Waals surface area contributed by atoms with Crippen LogP contribution in [0.3, 0.4) is 0 Å². The predicted octanol–water partition coefficient (Wildman–Crippen LogP) is 6.55. The Morgan fingerprint density at radius 3 is 2.57 bits per heavy atom. The van der Waals surface area contributed by atoms with Crippen molar-refractivity contribution in [3.63, 3.8) is 0 Å². The van der Waals surface area contributed by atoms with E-state index in [2.05, 4.69) is 102 Å². The molecule has 1 N–H and O–H groups in total. The third-order valence-electron chi connectivity index (χ3n) is 6.34. The summed E-state index contributed by atoms with van der Waals surface area (Å²) in [6, 6.07) is 25.3. The summed E-state index contributed by atoms with van der Waals surface area (Å²) in [5, 5.41) is 3.61. The number of hydrogen-bond acceptors (Lipinski definition) is 3. The fraction of sp³-hybridized carbons (Fsp3) is 0.154. The molecule has 2 aromatic heterocycles. The summed E-state index contributed by atoms with van der Waals surface area (Å²) in [5.41, 5.74) is 4.11. The molecule has 0 bridgehead atoms. The molecule has 148 valence electrons. The molecule has 0 atom stereocenters. The molecule has 0 aliphatic carbocycles. The number of rotatable bonds is 3. The quantitative estimate of drug-likeness (QED) is 0.377. The Bertz CT molecular complexity index is 1390. The molecule has 30 heavy (non-hydrogen) atoms. The van der Waals surface area contributed by atoms with Crippen LogP contribution >= 0.6 is 0 Å². The molecule has 1 aliphatic rings. The Labute approximate surface area is 175 Å². The van der Waals surface area contributed by atoms with E-state index in [1.54, 1.807) is 0 Å². The Hall–Kier alpha value is -3.66. The summed E-state index contributed by atoms with van der Waals surface area (Å²) in [5.74, 6) is 1.11. The predicted molar refractivity (Wildman–Crippen MR) is 123 cm³/mol. The summed E-state index contributed by atoms with van der Waals surface area (Å²) >= 11 is 0. The van der Waals surface area contributed by atoms with Gasteiger partial charge in [-0.25, -0.2) is 0 Å². The molecule has 4 nitrogen and oxygen atoms in total. The van der Waals surface area contributed by atoms with E-state index >= 15 is 0 Å². The first-order valence-corrected chi connectivity index (χ1v) is 10.3. The number of aromatic nitrogens is 1. The lowest BCUT2D eigenvalue weighted by Gasteiger charge is -2.37. The summed E-state index contributed by atoms with van der Waals surface area (Å²) in [6.07, 6.45) is 4.34. The molecule has 3 aromatic carbocycles. The first-order chi connectivity index (χ1) is 14.6. The van der Waals surface area contributed by atoms with E-state index in [9.17, 15) is 0 Å². The molecule has 1 aliphatic heterocycles. The molecule has 0 spiro atoms. The lowest BCUT2D eigenvalue weighted by Crippen LogP contribution is -2.40. The second-order valence-corrected chi connectivity index (χ2v) is 8.46. The van der Waals surface area contributed by atoms with Crippen molar-refractivity contribution in [2.24, 2.45) is 0 Å². The van der Waals surface area contributed by atoms with E-state index in [0.29, 0.717) is 0 Å². The van der Waals surface area contributed by atoms with E-state index in [0.717, 1.165) is 29.2 Å². The summed E-state index contributed by atoms with van der Waals surface area (Å²) in [6.45, 7) is 5.34. The van der Waals surface area contributed by atoms with E-state index in [1.165, 1.54) is 21.7 Å². The second kappa shape index (κ2) is 6.17. The monoisotopic (exact) mass is 393 g/mol. The number of hydrogen-bond donors (Lipinski definition) is 1. The van der Waals surface area contributed by atoms with Gasteiger partial charge in [0.1, 0.15) is 17.0 Å². The van der Waals surface area contributed by atoms with Gasteiger partial charge in [-0.2, -0.15) is 0 Å². The Morgan fingerprint density at radius 1 is 0.867 bits per heavy atom. The van der Waals surface area contributed by atoms with Crippen molar-refractivity contribution >= 4 is 38.7 Å². The van der Waals surface area contributed by atoms with Gasteiger partial charge in [0.25, 0.3) is 0 Å². The normalized spacial score (nSPS) is 14.6. The highest BCUT2D eigenvalue weighted by Gasteiger charge is 2.33. The zero-order valence-electron chi connectivity index (χ0n) is 17.1. The van der Waals surface area contributed by atoms with E-state index in [4.69, 9.17) is 4.42 Å². The Kier molecular flexibility index (Phi) is 3.54. The Balaban J connectivity index is 1.39. The SMILES string of the molecule is CC(C)(c1cccc2oc3ccccc3c12)N1C=CN(c2cc3ccccc3[nH]2)C1. The topological polar surface area (TPSA) is 35.4 Å². The fourth-order valence-electron chi connectivity index (χ4n) is 4.59. The van der Waals surface area contributed by atoms with Gasteiger partial charge >= 0.3 is 0 Å². The number of aromatic amines is 1. The highest BCUT2D eigenvalue weighted by Crippen LogP contribution is 2.40. The van der Waals surface area contributed by atoms with Gasteiger partial charge in [0.05, 0.1) is 12.2 Å². The van der Waals surface area contributed by atoms with Crippen molar-refractivity contribution < 1.29 is 4.42 Å². The minimum absolute atomic E-state index is 0.205. The molecule has 6 rings (SSSR count). The van der Waals surface area contributed by atoms with Gasteiger partial charge in [-0.15, -0.1) is 0 Å². The maximum absolute atomic E-state index is 6.12. The van der Waals surface area contributed by atoms with Crippen LogP contribution in [-0.2, 0) is 5.54 Å². The molecule has 0 saturated heterocycles. The van der Waals surface area contributed by atoms with Crippen molar-refractivity contribution in [1.29, 1.82) is 0 Å².